The van der Waals surface area contributed by atoms with E-state index in [2.05, 4.69) is 5.32 Å². The van der Waals surface area contributed by atoms with Crippen molar-refractivity contribution < 1.29 is 9.59 Å². The van der Waals surface area contributed by atoms with E-state index < -0.39 is 6.04 Å². The Hall–Kier alpha value is -1.59. The summed E-state index contributed by atoms with van der Waals surface area (Å²) in [4.78, 5) is 27.3. The number of hydrogen-bond donors (Lipinski definition) is 1. The van der Waals surface area contributed by atoms with Crippen molar-refractivity contribution in [3.8, 4) is 0 Å². The largest absolute Gasteiger partial charge is 0.332 e. The van der Waals surface area contributed by atoms with Crippen molar-refractivity contribution in [2.24, 2.45) is 0 Å². The van der Waals surface area contributed by atoms with Gasteiger partial charge in [-0.3, -0.25) is 4.79 Å². The van der Waals surface area contributed by atoms with E-state index in [-0.39, 0.29) is 11.9 Å². The van der Waals surface area contributed by atoms with Gasteiger partial charge in [-0.05, 0) is 12.1 Å². The van der Waals surface area contributed by atoms with Crippen LogP contribution in [0.4, 0.5) is 10.5 Å². The molecule has 5 nitrogen and oxygen atoms in total. The maximum atomic E-state index is 12.3. The van der Waals surface area contributed by atoms with Crippen LogP contribution in [-0.2, 0) is 4.79 Å². The highest BCUT2D eigenvalue weighted by molar-refractivity contribution is 6.35. The normalized spacial score (nSPS) is 23.5. The van der Waals surface area contributed by atoms with Gasteiger partial charge in [0.05, 0.1) is 10.7 Å². The predicted molar refractivity (Wildman–Crippen MR) is 67.7 cm³/mol. The molecule has 1 aromatic carbocycles. The maximum Gasteiger partial charge on any atom is 0.332 e. The molecule has 1 unspecified atom stereocenters. The van der Waals surface area contributed by atoms with Crippen molar-refractivity contribution in [1.82, 2.24) is 10.2 Å². The van der Waals surface area contributed by atoms with Gasteiger partial charge in [0.25, 0.3) is 5.91 Å². The number of benzene rings is 1. The van der Waals surface area contributed by atoms with Crippen LogP contribution in [0.3, 0.4) is 0 Å². The number of urea groups is 1. The number of halogens is 1. The van der Waals surface area contributed by atoms with Crippen molar-refractivity contribution in [3.63, 3.8) is 0 Å². The van der Waals surface area contributed by atoms with E-state index in [9.17, 15) is 9.59 Å². The molecular formula is C12H12ClN3O2. The standard InChI is InChI=1S/C12H12ClN3O2/c13-8-3-1-2-4-9(8)16-11(17)10-7-14-5-6-15(10)12(16)18/h1-4,10,14H,5-7H2. The van der Waals surface area contributed by atoms with Crippen LogP contribution in [0.15, 0.2) is 24.3 Å². The van der Waals surface area contributed by atoms with Gasteiger partial charge in [-0.15, -0.1) is 0 Å². The minimum Gasteiger partial charge on any atom is -0.312 e. The molecule has 1 aromatic rings. The third-order valence-corrected chi connectivity index (χ3v) is 3.60. The number of amides is 3. The van der Waals surface area contributed by atoms with Crippen molar-refractivity contribution in [3.05, 3.63) is 29.3 Å². The topological polar surface area (TPSA) is 52.7 Å². The van der Waals surface area contributed by atoms with E-state index in [0.717, 1.165) is 0 Å². The third-order valence-electron chi connectivity index (χ3n) is 3.28. The van der Waals surface area contributed by atoms with Gasteiger partial charge in [0.15, 0.2) is 0 Å². The summed E-state index contributed by atoms with van der Waals surface area (Å²) in [6.07, 6.45) is 0. The Bertz CT molecular complexity index is 496. The van der Waals surface area contributed by atoms with E-state index in [0.29, 0.717) is 30.3 Å². The zero-order chi connectivity index (χ0) is 12.7. The molecule has 1 atom stereocenters. The van der Waals surface area contributed by atoms with Crippen LogP contribution in [0.1, 0.15) is 0 Å². The van der Waals surface area contributed by atoms with Crippen LogP contribution < -0.4 is 10.2 Å². The fraction of sp³-hybridized carbons (Fsp3) is 0.333. The van der Waals surface area contributed by atoms with Gasteiger partial charge in [-0.1, -0.05) is 23.7 Å². The fourth-order valence-electron chi connectivity index (χ4n) is 2.38. The average Bonchev–Trinajstić information content (AvgIpc) is 2.64. The summed E-state index contributed by atoms with van der Waals surface area (Å²) in [5.74, 6) is -0.208. The van der Waals surface area contributed by atoms with Gasteiger partial charge in [0, 0.05) is 19.6 Å². The van der Waals surface area contributed by atoms with Crippen molar-refractivity contribution in [2.45, 2.75) is 6.04 Å². The van der Waals surface area contributed by atoms with Crippen LogP contribution >= 0.6 is 11.6 Å². The Balaban J connectivity index is 2.00. The number of para-hydroxylation sites is 1. The van der Waals surface area contributed by atoms with Gasteiger partial charge in [0.2, 0.25) is 0 Å². The number of hydrogen-bond acceptors (Lipinski definition) is 3. The molecule has 0 aliphatic carbocycles. The Kier molecular flexibility index (Phi) is 2.72. The summed E-state index contributed by atoms with van der Waals surface area (Å²) in [5.41, 5.74) is 0.462. The molecule has 0 spiro atoms. The van der Waals surface area contributed by atoms with Crippen LogP contribution in [0.5, 0.6) is 0 Å². The molecule has 2 heterocycles. The van der Waals surface area contributed by atoms with Crippen molar-refractivity contribution >= 4 is 29.2 Å². The highest BCUT2D eigenvalue weighted by Gasteiger charge is 2.47. The summed E-state index contributed by atoms with van der Waals surface area (Å²) in [6.45, 7) is 1.77. The number of imide groups is 1. The molecule has 2 saturated heterocycles. The van der Waals surface area contributed by atoms with E-state index in [1.54, 1.807) is 29.2 Å². The minimum absolute atomic E-state index is 0.208. The summed E-state index contributed by atoms with van der Waals surface area (Å²) in [5, 5.41) is 3.53. The monoisotopic (exact) mass is 265 g/mol. The molecule has 6 heteroatoms. The van der Waals surface area contributed by atoms with Crippen molar-refractivity contribution in [2.75, 3.05) is 24.5 Å². The third kappa shape index (κ3) is 1.59. The number of carbonyl (C=O) groups excluding carboxylic acids is 2. The van der Waals surface area contributed by atoms with Gasteiger partial charge in [-0.25, -0.2) is 9.69 Å². The first-order valence-corrected chi connectivity index (χ1v) is 6.18. The minimum atomic E-state index is -0.400. The fourth-order valence-corrected chi connectivity index (χ4v) is 2.60. The molecule has 18 heavy (non-hydrogen) atoms. The molecular weight excluding hydrogens is 254 g/mol. The first-order valence-electron chi connectivity index (χ1n) is 5.80. The number of rotatable bonds is 1. The lowest BCUT2D eigenvalue weighted by Gasteiger charge is -2.26. The number of anilines is 1. The molecule has 0 radical (unpaired) electrons. The SMILES string of the molecule is O=C1C2CNCCN2C(=O)N1c1ccccc1Cl. The van der Waals surface area contributed by atoms with E-state index in [1.807, 2.05) is 0 Å². The number of fused-ring (bicyclic) bond motifs is 1. The zero-order valence-corrected chi connectivity index (χ0v) is 10.4. The summed E-state index contributed by atoms with van der Waals surface area (Å²) in [6, 6.07) is 6.21. The van der Waals surface area contributed by atoms with Crippen LogP contribution in [0.2, 0.25) is 5.02 Å². The zero-order valence-electron chi connectivity index (χ0n) is 9.60. The maximum absolute atomic E-state index is 12.3. The van der Waals surface area contributed by atoms with E-state index >= 15 is 0 Å². The van der Waals surface area contributed by atoms with Crippen LogP contribution in [-0.4, -0.2) is 42.5 Å². The molecule has 94 valence electrons. The van der Waals surface area contributed by atoms with Crippen molar-refractivity contribution in [1.29, 1.82) is 0 Å². The second kappa shape index (κ2) is 4.26. The van der Waals surface area contributed by atoms with E-state index in [4.69, 9.17) is 11.6 Å². The molecule has 2 fully saturated rings. The van der Waals surface area contributed by atoms with E-state index in [1.165, 1.54) is 4.90 Å². The Morgan fingerprint density at radius 1 is 1.28 bits per heavy atom. The lowest BCUT2D eigenvalue weighted by Crippen LogP contribution is -2.51. The first kappa shape index (κ1) is 11.5. The number of piperazine rings is 1. The summed E-state index contributed by atoms with van der Waals surface area (Å²) < 4.78 is 0. The van der Waals surface area contributed by atoms with Crippen LogP contribution in [0, 0.1) is 0 Å². The Morgan fingerprint density at radius 3 is 2.78 bits per heavy atom. The average molecular weight is 266 g/mol. The quantitative estimate of drug-likeness (QED) is 0.773. The highest BCUT2D eigenvalue weighted by atomic mass is 35.5. The second-order valence-corrected chi connectivity index (χ2v) is 4.73. The second-order valence-electron chi connectivity index (χ2n) is 4.32. The smallest absolute Gasteiger partial charge is 0.312 e. The van der Waals surface area contributed by atoms with Gasteiger partial charge >= 0.3 is 6.03 Å². The molecule has 0 bridgehead atoms. The van der Waals surface area contributed by atoms with Crippen LogP contribution in [0.25, 0.3) is 0 Å². The molecule has 3 amide bonds. The van der Waals surface area contributed by atoms with Gasteiger partial charge in [0.1, 0.15) is 6.04 Å². The van der Waals surface area contributed by atoms with Gasteiger partial charge in [-0.2, -0.15) is 0 Å². The number of nitrogens with zero attached hydrogens (tertiary/aromatic N) is 2. The molecule has 2 aliphatic rings. The predicted octanol–water partition coefficient (Wildman–Crippen LogP) is 1.08. The summed E-state index contributed by atoms with van der Waals surface area (Å²) >= 11 is 6.05. The molecule has 0 saturated carbocycles. The molecule has 3 rings (SSSR count). The van der Waals surface area contributed by atoms with Gasteiger partial charge < -0.3 is 10.2 Å². The first-order chi connectivity index (χ1) is 8.70. The lowest BCUT2D eigenvalue weighted by atomic mass is 10.2. The molecule has 0 aromatic heterocycles. The lowest BCUT2D eigenvalue weighted by molar-refractivity contribution is -0.120. The number of nitrogens with one attached hydrogen (secondary N) is 1. The molecule has 1 N–H and O–H groups in total. The Labute approximate surface area is 109 Å². The Morgan fingerprint density at radius 2 is 2.06 bits per heavy atom. The number of carbonyl (C=O) groups is 2. The molecule has 2 aliphatic heterocycles. The summed E-state index contributed by atoms with van der Waals surface area (Å²) in [7, 11) is 0. The highest BCUT2D eigenvalue weighted by Crippen LogP contribution is 2.31.